The van der Waals surface area contributed by atoms with E-state index in [1.54, 1.807) is 0 Å². The van der Waals surface area contributed by atoms with E-state index in [0.29, 0.717) is 18.0 Å². The number of epoxide rings is 2. The molecule has 0 bridgehead atoms. The molecule has 2 atom stereocenters. The Morgan fingerprint density at radius 2 is 1.42 bits per heavy atom. The lowest BCUT2D eigenvalue weighted by Crippen LogP contribution is -2.06. The highest BCUT2D eigenvalue weighted by atomic mass is 16.6. The van der Waals surface area contributed by atoms with Crippen LogP contribution < -0.4 is 0 Å². The van der Waals surface area contributed by atoms with Crippen molar-refractivity contribution < 1.29 is 19.3 Å². The van der Waals surface area contributed by atoms with Crippen molar-refractivity contribution >= 4 is 0 Å². The fourth-order valence-electron chi connectivity index (χ4n) is 2.41. The van der Waals surface area contributed by atoms with Gasteiger partial charge in [-0.3, -0.25) is 0 Å². The van der Waals surface area contributed by atoms with Gasteiger partial charge in [0, 0.05) is 0 Å². The molecule has 0 radical (unpaired) electrons. The van der Waals surface area contributed by atoms with Crippen LogP contribution in [0.4, 0.5) is 0 Å². The number of ether oxygens (including phenoxy) is 3. The van der Waals surface area contributed by atoms with E-state index in [9.17, 15) is 5.11 Å². The Morgan fingerprint density at radius 1 is 0.917 bits per heavy atom. The highest BCUT2D eigenvalue weighted by Crippen LogP contribution is 2.28. The molecule has 24 heavy (non-hydrogen) atoms. The summed E-state index contributed by atoms with van der Waals surface area (Å²) in [5.41, 5.74) is 4.19. The van der Waals surface area contributed by atoms with Crippen LogP contribution in [0.2, 0.25) is 0 Å². The van der Waals surface area contributed by atoms with E-state index < -0.39 is 0 Å². The van der Waals surface area contributed by atoms with Gasteiger partial charge in [0.25, 0.3) is 0 Å². The minimum Gasteiger partial charge on any atom is -0.507 e. The molecule has 0 aliphatic carbocycles. The van der Waals surface area contributed by atoms with Crippen LogP contribution >= 0.6 is 0 Å². The average molecular weight is 328 g/mol. The molecule has 2 aromatic carbocycles. The van der Waals surface area contributed by atoms with E-state index in [0.717, 1.165) is 43.1 Å². The maximum atomic E-state index is 9.68. The summed E-state index contributed by atoms with van der Waals surface area (Å²) < 4.78 is 15.1. The van der Waals surface area contributed by atoms with Gasteiger partial charge in [0.2, 0.25) is 0 Å². The van der Waals surface area contributed by atoms with Crippen molar-refractivity contribution in [1.82, 2.24) is 0 Å². The van der Waals surface area contributed by atoms with Gasteiger partial charge < -0.3 is 19.3 Å². The Labute approximate surface area is 143 Å². The van der Waals surface area contributed by atoms with Gasteiger partial charge in [-0.15, -0.1) is 0 Å². The first-order valence-corrected chi connectivity index (χ1v) is 8.30. The van der Waals surface area contributed by atoms with Gasteiger partial charge in [-0.05, 0) is 48.2 Å². The Morgan fingerprint density at radius 3 is 1.88 bits per heavy atom. The van der Waals surface area contributed by atoms with Crippen LogP contribution in [0, 0.1) is 13.8 Å². The quantitative estimate of drug-likeness (QED) is 0.854. The van der Waals surface area contributed by atoms with Gasteiger partial charge in [0.1, 0.15) is 18.0 Å². The van der Waals surface area contributed by atoms with Crippen molar-refractivity contribution in [2.45, 2.75) is 26.1 Å². The number of hydrogen-bond acceptors (Lipinski definition) is 4. The number of hydrogen-bond donors (Lipinski definition) is 1. The van der Waals surface area contributed by atoms with E-state index in [4.69, 9.17) is 14.2 Å². The fraction of sp³-hybridized carbons (Fsp3) is 0.400. The molecule has 0 spiro atoms. The first-order valence-electron chi connectivity index (χ1n) is 8.30. The lowest BCUT2D eigenvalue weighted by molar-refractivity contribution is 0.102. The predicted molar refractivity (Wildman–Crippen MR) is 93.3 cm³/mol. The molecule has 0 aromatic heterocycles. The summed E-state index contributed by atoms with van der Waals surface area (Å²) in [6.07, 6.45) is 0.785. The van der Waals surface area contributed by atoms with E-state index in [1.807, 2.05) is 44.2 Å². The third kappa shape index (κ3) is 5.06. The minimum atomic E-state index is 0.392. The maximum absolute atomic E-state index is 9.68. The van der Waals surface area contributed by atoms with Gasteiger partial charge in [-0.25, -0.2) is 0 Å². The summed E-state index contributed by atoms with van der Waals surface area (Å²) in [7, 11) is 0. The number of aryl methyl sites for hydroxylation is 2. The summed E-state index contributed by atoms with van der Waals surface area (Å²) in [5.74, 6) is 0.398. The first kappa shape index (κ1) is 17.0. The standard InChI is InChI=1S/C14H14O.C6H10O3/c1-10-8-13(9-11(2)14(10)15)12-6-4-3-5-7-12;1(5-3-8-5)7-2-6-4-9-6/h3-9,15H,1-2H3;5-6H,1-4H2. The predicted octanol–water partition coefficient (Wildman–Crippen LogP) is 3.48. The van der Waals surface area contributed by atoms with E-state index >= 15 is 0 Å². The van der Waals surface area contributed by atoms with Crippen LogP contribution in [0.15, 0.2) is 42.5 Å². The molecular formula is C20H24O4. The number of benzene rings is 2. The topological polar surface area (TPSA) is 54.5 Å². The van der Waals surface area contributed by atoms with Gasteiger partial charge in [0.15, 0.2) is 0 Å². The van der Waals surface area contributed by atoms with E-state index in [2.05, 4.69) is 12.1 Å². The summed E-state index contributed by atoms with van der Waals surface area (Å²) in [6.45, 7) is 7.11. The molecular weight excluding hydrogens is 304 g/mol. The van der Waals surface area contributed by atoms with E-state index in [-0.39, 0.29) is 0 Å². The molecule has 2 saturated heterocycles. The van der Waals surface area contributed by atoms with Crippen LogP contribution in [0.25, 0.3) is 11.1 Å². The Kier molecular flexibility index (Phi) is 5.51. The normalized spacial score (nSPS) is 20.9. The molecule has 0 amide bonds. The van der Waals surface area contributed by atoms with Gasteiger partial charge in [-0.2, -0.15) is 0 Å². The van der Waals surface area contributed by atoms with E-state index in [1.165, 1.54) is 5.56 Å². The van der Waals surface area contributed by atoms with Crippen LogP contribution in [-0.4, -0.2) is 43.7 Å². The fourth-order valence-corrected chi connectivity index (χ4v) is 2.41. The van der Waals surface area contributed by atoms with Crippen LogP contribution in [0.3, 0.4) is 0 Å². The summed E-state index contributed by atoms with van der Waals surface area (Å²) >= 11 is 0. The molecule has 4 nitrogen and oxygen atoms in total. The lowest BCUT2D eigenvalue weighted by atomic mass is 10.00. The zero-order valence-electron chi connectivity index (χ0n) is 14.2. The molecule has 2 aliphatic rings. The maximum Gasteiger partial charge on any atom is 0.121 e. The SMILES string of the molecule is C(OCC1CO1)C1CO1.Cc1cc(-c2ccccc2)cc(C)c1O. The second kappa shape index (κ2) is 7.79. The summed E-state index contributed by atoms with van der Waals surface area (Å²) in [4.78, 5) is 0. The van der Waals surface area contributed by atoms with Crippen molar-refractivity contribution in [1.29, 1.82) is 0 Å². The van der Waals surface area contributed by atoms with Gasteiger partial charge in [0.05, 0.1) is 26.4 Å². The summed E-state index contributed by atoms with van der Waals surface area (Å²) in [6, 6.07) is 14.2. The molecule has 128 valence electrons. The second-order valence-corrected chi connectivity index (χ2v) is 6.27. The molecule has 4 heteroatoms. The average Bonchev–Trinajstić information content (AvgIpc) is 3.49. The molecule has 1 N–H and O–H groups in total. The lowest BCUT2D eigenvalue weighted by Gasteiger charge is -2.07. The third-order valence-corrected chi connectivity index (χ3v) is 4.01. The molecule has 4 rings (SSSR count). The van der Waals surface area contributed by atoms with Crippen molar-refractivity contribution in [3.8, 4) is 16.9 Å². The third-order valence-electron chi connectivity index (χ3n) is 4.01. The molecule has 2 fully saturated rings. The molecule has 2 aliphatic heterocycles. The number of phenols is 1. The van der Waals surface area contributed by atoms with Gasteiger partial charge >= 0.3 is 0 Å². The Hall–Kier alpha value is -1.88. The second-order valence-electron chi connectivity index (χ2n) is 6.27. The highest BCUT2D eigenvalue weighted by Gasteiger charge is 2.26. The minimum absolute atomic E-state index is 0.392. The van der Waals surface area contributed by atoms with Crippen LogP contribution in [0.1, 0.15) is 11.1 Å². The molecule has 2 aromatic rings. The zero-order valence-corrected chi connectivity index (χ0v) is 14.2. The van der Waals surface area contributed by atoms with Crippen molar-refractivity contribution in [3.63, 3.8) is 0 Å². The highest BCUT2D eigenvalue weighted by molar-refractivity contribution is 5.67. The first-order chi connectivity index (χ1) is 11.6. The van der Waals surface area contributed by atoms with Gasteiger partial charge in [-0.1, -0.05) is 30.3 Å². The van der Waals surface area contributed by atoms with Crippen molar-refractivity contribution in [3.05, 3.63) is 53.6 Å². The van der Waals surface area contributed by atoms with Crippen LogP contribution in [0.5, 0.6) is 5.75 Å². The van der Waals surface area contributed by atoms with Crippen molar-refractivity contribution in [2.24, 2.45) is 0 Å². The Balaban J connectivity index is 0.000000159. The number of rotatable bonds is 5. The Bertz CT molecular complexity index is 626. The number of phenolic OH excluding ortho intramolecular Hbond substituents is 1. The largest absolute Gasteiger partial charge is 0.507 e. The van der Waals surface area contributed by atoms with Crippen molar-refractivity contribution in [2.75, 3.05) is 26.4 Å². The molecule has 2 unspecified atom stereocenters. The number of aromatic hydroxyl groups is 1. The molecule has 0 saturated carbocycles. The molecule has 2 heterocycles. The zero-order chi connectivity index (χ0) is 16.9. The monoisotopic (exact) mass is 328 g/mol. The summed E-state index contributed by atoms with van der Waals surface area (Å²) in [5, 5.41) is 9.68. The van der Waals surface area contributed by atoms with Crippen LogP contribution in [-0.2, 0) is 14.2 Å². The smallest absolute Gasteiger partial charge is 0.121 e.